The maximum Gasteiger partial charge on any atom is 0.319 e. The second kappa shape index (κ2) is 9.50. The maximum atomic E-state index is 12.3. The minimum Gasteiger partial charge on any atom is -0.336 e. The Kier molecular flexibility index (Phi) is 6.80. The van der Waals surface area contributed by atoms with Crippen molar-refractivity contribution < 1.29 is 9.59 Å². The maximum absolute atomic E-state index is 12.3. The molecule has 0 radical (unpaired) electrons. The first-order valence-corrected chi connectivity index (χ1v) is 10.5. The molecule has 3 N–H and O–H groups in total. The molecule has 0 fully saturated rings. The lowest BCUT2D eigenvalue weighted by Gasteiger charge is -2.23. The third kappa shape index (κ3) is 5.41. The summed E-state index contributed by atoms with van der Waals surface area (Å²) < 4.78 is 0. The van der Waals surface area contributed by atoms with Crippen LogP contribution in [-0.2, 0) is 0 Å². The average molecular weight is 415 g/mol. The van der Waals surface area contributed by atoms with Crippen molar-refractivity contribution in [3.8, 4) is 0 Å². The standard InChI is InChI=1S/C20H22N4O2S2/c1-24(2)16(17-8-4-10-27-17)13-21-20(26)23-15-7-3-6-14(12-15)22-19(25)18-9-5-11-28-18/h3-12,16H,13H2,1-2H3,(H,22,25)(H2,21,23,26)/t16-/m1/s1. The molecular formula is C20H22N4O2S2. The van der Waals surface area contributed by atoms with Crippen molar-refractivity contribution in [2.75, 3.05) is 31.3 Å². The fourth-order valence-electron chi connectivity index (χ4n) is 2.66. The number of urea groups is 1. The smallest absolute Gasteiger partial charge is 0.319 e. The number of amides is 3. The third-order valence-electron chi connectivity index (χ3n) is 4.07. The molecule has 2 aromatic heterocycles. The van der Waals surface area contributed by atoms with Gasteiger partial charge in [-0.3, -0.25) is 4.79 Å². The molecule has 3 amide bonds. The van der Waals surface area contributed by atoms with Gasteiger partial charge in [-0.2, -0.15) is 0 Å². The highest BCUT2D eigenvalue weighted by molar-refractivity contribution is 7.12. The van der Waals surface area contributed by atoms with Crippen LogP contribution in [0.4, 0.5) is 16.2 Å². The first-order valence-electron chi connectivity index (χ1n) is 8.72. The number of nitrogens with zero attached hydrogens (tertiary/aromatic N) is 1. The predicted octanol–water partition coefficient (Wildman–Crippen LogP) is 4.49. The van der Waals surface area contributed by atoms with Crippen LogP contribution >= 0.6 is 22.7 Å². The summed E-state index contributed by atoms with van der Waals surface area (Å²) in [6.45, 7) is 0.494. The number of hydrogen-bond donors (Lipinski definition) is 3. The number of carbonyl (C=O) groups is 2. The number of benzene rings is 1. The number of anilines is 2. The van der Waals surface area contributed by atoms with Gasteiger partial charge in [0.05, 0.1) is 10.9 Å². The van der Waals surface area contributed by atoms with Crippen LogP contribution in [0.3, 0.4) is 0 Å². The summed E-state index contributed by atoms with van der Waals surface area (Å²) >= 11 is 3.05. The quantitative estimate of drug-likeness (QED) is 0.533. The normalized spacial score (nSPS) is 11.8. The zero-order valence-corrected chi connectivity index (χ0v) is 17.3. The fraction of sp³-hybridized carbons (Fsp3) is 0.200. The largest absolute Gasteiger partial charge is 0.336 e. The second-order valence-electron chi connectivity index (χ2n) is 6.34. The number of hydrogen-bond acceptors (Lipinski definition) is 5. The minimum absolute atomic E-state index is 0.113. The molecule has 2 heterocycles. The van der Waals surface area contributed by atoms with E-state index in [0.717, 1.165) is 0 Å². The van der Waals surface area contributed by atoms with Crippen LogP contribution in [0.2, 0.25) is 0 Å². The summed E-state index contributed by atoms with van der Waals surface area (Å²) in [5.74, 6) is -0.165. The molecule has 1 aromatic carbocycles. The summed E-state index contributed by atoms with van der Waals surface area (Å²) in [5, 5.41) is 12.5. The van der Waals surface area contributed by atoms with Crippen LogP contribution in [0.25, 0.3) is 0 Å². The van der Waals surface area contributed by atoms with Crippen molar-refractivity contribution in [1.29, 1.82) is 0 Å². The number of carbonyl (C=O) groups excluding carboxylic acids is 2. The van der Waals surface area contributed by atoms with Gasteiger partial charge in [-0.1, -0.05) is 18.2 Å². The van der Waals surface area contributed by atoms with Gasteiger partial charge in [-0.15, -0.1) is 22.7 Å². The molecular weight excluding hydrogens is 392 g/mol. The van der Waals surface area contributed by atoms with E-state index >= 15 is 0 Å². The van der Waals surface area contributed by atoms with E-state index in [2.05, 4.69) is 26.9 Å². The number of likely N-dealkylation sites (N-methyl/N-ethyl adjacent to an activating group) is 1. The molecule has 28 heavy (non-hydrogen) atoms. The van der Waals surface area contributed by atoms with Crippen LogP contribution in [0.1, 0.15) is 20.6 Å². The lowest BCUT2D eigenvalue weighted by atomic mass is 10.2. The number of nitrogens with one attached hydrogen (secondary N) is 3. The van der Waals surface area contributed by atoms with E-state index in [1.165, 1.54) is 16.2 Å². The summed E-state index contributed by atoms with van der Waals surface area (Å²) in [6.07, 6.45) is 0. The molecule has 0 spiro atoms. The second-order valence-corrected chi connectivity index (χ2v) is 8.27. The molecule has 146 valence electrons. The zero-order valence-electron chi connectivity index (χ0n) is 15.6. The van der Waals surface area contributed by atoms with Crippen LogP contribution in [-0.4, -0.2) is 37.5 Å². The molecule has 0 saturated heterocycles. The van der Waals surface area contributed by atoms with Gasteiger partial charge >= 0.3 is 6.03 Å². The van der Waals surface area contributed by atoms with Crippen LogP contribution < -0.4 is 16.0 Å². The molecule has 3 rings (SSSR count). The van der Waals surface area contributed by atoms with Gasteiger partial charge in [0.25, 0.3) is 5.91 Å². The molecule has 0 bridgehead atoms. The Morgan fingerprint density at radius 3 is 2.32 bits per heavy atom. The van der Waals surface area contributed by atoms with E-state index in [-0.39, 0.29) is 18.0 Å². The molecule has 0 aliphatic rings. The average Bonchev–Trinajstić information content (AvgIpc) is 3.36. The topological polar surface area (TPSA) is 73.5 Å². The molecule has 0 unspecified atom stereocenters. The molecule has 0 aliphatic carbocycles. The van der Waals surface area contributed by atoms with Gasteiger partial charge in [0.2, 0.25) is 0 Å². The van der Waals surface area contributed by atoms with Gasteiger partial charge in [0.15, 0.2) is 0 Å². The van der Waals surface area contributed by atoms with E-state index in [1.54, 1.807) is 41.7 Å². The van der Waals surface area contributed by atoms with E-state index in [9.17, 15) is 9.59 Å². The molecule has 8 heteroatoms. The Hall–Kier alpha value is -2.68. The molecule has 6 nitrogen and oxygen atoms in total. The number of rotatable bonds is 7. The molecule has 3 aromatic rings. The lowest BCUT2D eigenvalue weighted by Crippen LogP contribution is -2.36. The third-order valence-corrected chi connectivity index (χ3v) is 5.92. The minimum atomic E-state index is -0.287. The predicted molar refractivity (Wildman–Crippen MR) is 116 cm³/mol. The first kappa shape index (κ1) is 20.1. The monoisotopic (exact) mass is 414 g/mol. The highest BCUT2D eigenvalue weighted by atomic mass is 32.1. The summed E-state index contributed by atoms with van der Waals surface area (Å²) in [5.41, 5.74) is 1.24. The van der Waals surface area contributed by atoms with Crippen LogP contribution in [0.5, 0.6) is 0 Å². The van der Waals surface area contributed by atoms with Crippen molar-refractivity contribution in [3.63, 3.8) is 0 Å². The van der Waals surface area contributed by atoms with Crippen LogP contribution in [0, 0.1) is 0 Å². The van der Waals surface area contributed by atoms with E-state index in [4.69, 9.17) is 0 Å². The highest BCUT2D eigenvalue weighted by Crippen LogP contribution is 2.22. The number of thiophene rings is 2. The summed E-state index contributed by atoms with van der Waals surface area (Å²) in [4.78, 5) is 28.4. The van der Waals surface area contributed by atoms with Crippen molar-refractivity contribution >= 4 is 46.0 Å². The molecule has 1 atom stereocenters. The van der Waals surface area contributed by atoms with Gasteiger partial charge in [-0.25, -0.2) is 4.79 Å². The Bertz CT molecular complexity index is 908. The zero-order chi connectivity index (χ0) is 19.9. The Morgan fingerprint density at radius 1 is 0.964 bits per heavy atom. The lowest BCUT2D eigenvalue weighted by molar-refractivity contribution is 0.103. The Morgan fingerprint density at radius 2 is 1.68 bits per heavy atom. The van der Waals surface area contributed by atoms with Crippen molar-refractivity contribution in [2.45, 2.75) is 6.04 Å². The molecule has 0 aliphatic heterocycles. The van der Waals surface area contributed by atoms with Gasteiger partial charge in [-0.05, 0) is 55.2 Å². The van der Waals surface area contributed by atoms with E-state index in [0.29, 0.717) is 22.8 Å². The van der Waals surface area contributed by atoms with E-state index in [1.807, 2.05) is 37.0 Å². The summed E-state index contributed by atoms with van der Waals surface area (Å²) in [7, 11) is 3.98. The summed E-state index contributed by atoms with van der Waals surface area (Å²) in [6, 6.07) is 14.6. The highest BCUT2D eigenvalue weighted by Gasteiger charge is 2.16. The SMILES string of the molecule is CN(C)[C@H](CNC(=O)Nc1cccc(NC(=O)c2cccs2)c1)c1cccs1. The first-order chi connectivity index (χ1) is 13.5. The van der Waals surface area contributed by atoms with E-state index < -0.39 is 0 Å². The van der Waals surface area contributed by atoms with Crippen molar-refractivity contribution in [2.24, 2.45) is 0 Å². The van der Waals surface area contributed by atoms with Gasteiger partial charge in [0, 0.05) is 22.8 Å². The Labute approximate surface area is 172 Å². The van der Waals surface area contributed by atoms with Gasteiger partial charge in [0.1, 0.15) is 0 Å². The molecule has 0 saturated carbocycles. The van der Waals surface area contributed by atoms with Crippen molar-refractivity contribution in [1.82, 2.24) is 10.2 Å². The Balaban J connectivity index is 1.56. The fourth-order valence-corrected chi connectivity index (χ4v) is 4.20. The van der Waals surface area contributed by atoms with Crippen LogP contribution in [0.15, 0.2) is 59.3 Å². The van der Waals surface area contributed by atoms with Gasteiger partial charge < -0.3 is 20.9 Å². The van der Waals surface area contributed by atoms with Crippen molar-refractivity contribution in [3.05, 3.63) is 69.0 Å².